The predicted molar refractivity (Wildman–Crippen MR) is 66.5 cm³/mol. The molecule has 0 saturated carbocycles. The smallest absolute Gasteiger partial charge is 0.302 e. The van der Waals surface area contributed by atoms with E-state index in [-0.39, 0.29) is 11.2 Å². The molecular formula is C11H16B2O2. The van der Waals surface area contributed by atoms with E-state index in [2.05, 4.69) is 27.8 Å². The van der Waals surface area contributed by atoms with Crippen LogP contribution in [0.15, 0.2) is 30.3 Å². The number of rotatable bonds is 4. The fourth-order valence-corrected chi connectivity index (χ4v) is 1.48. The summed E-state index contributed by atoms with van der Waals surface area (Å²) in [4.78, 5) is 10.6. The summed E-state index contributed by atoms with van der Waals surface area (Å²) < 4.78 is 4.96. The molecule has 0 spiro atoms. The highest BCUT2D eigenvalue weighted by Gasteiger charge is 2.20. The van der Waals surface area contributed by atoms with Crippen molar-refractivity contribution < 1.29 is 9.53 Å². The maximum atomic E-state index is 10.6. The van der Waals surface area contributed by atoms with Crippen LogP contribution >= 0.6 is 0 Å². The van der Waals surface area contributed by atoms with Crippen molar-refractivity contribution in [3.05, 3.63) is 35.9 Å². The molecule has 15 heavy (non-hydrogen) atoms. The van der Waals surface area contributed by atoms with Gasteiger partial charge in [-0.1, -0.05) is 41.1 Å². The van der Waals surface area contributed by atoms with E-state index in [1.54, 1.807) is 0 Å². The van der Waals surface area contributed by atoms with Crippen molar-refractivity contribution in [2.45, 2.75) is 18.6 Å². The second-order valence-electron chi connectivity index (χ2n) is 4.34. The first kappa shape index (κ1) is 11.9. The Morgan fingerprint density at radius 2 is 1.93 bits per heavy atom. The van der Waals surface area contributed by atoms with Gasteiger partial charge in [0.2, 0.25) is 0 Å². The first-order valence-electron chi connectivity index (χ1n) is 5.21. The van der Waals surface area contributed by atoms with Crippen LogP contribution in [0.1, 0.15) is 18.9 Å². The second-order valence-corrected chi connectivity index (χ2v) is 4.34. The molecule has 78 valence electrons. The summed E-state index contributed by atoms with van der Waals surface area (Å²) in [7, 11) is 4.32. The Morgan fingerprint density at radius 1 is 1.33 bits per heavy atom. The number of esters is 1. The Morgan fingerprint density at radius 3 is 2.47 bits per heavy atom. The van der Waals surface area contributed by atoms with Crippen molar-refractivity contribution in [3.63, 3.8) is 0 Å². The van der Waals surface area contributed by atoms with Crippen molar-refractivity contribution in [2.75, 3.05) is 6.61 Å². The molecule has 0 aliphatic rings. The molecule has 0 heterocycles. The lowest BCUT2D eigenvalue weighted by atomic mass is 9.49. The molecule has 2 nitrogen and oxygen atoms in total. The topological polar surface area (TPSA) is 26.3 Å². The molecule has 1 aromatic carbocycles. The molecule has 4 heteroatoms. The van der Waals surface area contributed by atoms with E-state index in [0.29, 0.717) is 6.61 Å². The van der Waals surface area contributed by atoms with Gasteiger partial charge in [0, 0.05) is 6.92 Å². The van der Waals surface area contributed by atoms with Gasteiger partial charge in [-0.3, -0.25) is 4.79 Å². The fourth-order valence-electron chi connectivity index (χ4n) is 1.48. The SMILES string of the molecule is BC(B)(CCOC(C)=O)c1ccccc1. The maximum absolute atomic E-state index is 10.6. The third kappa shape index (κ3) is 3.82. The molecule has 0 radical (unpaired) electrons. The lowest BCUT2D eigenvalue weighted by Crippen LogP contribution is -2.29. The van der Waals surface area contributed by atoms with Crippen molar-refractivity contribution in [1.29, 1.82) is 0 Å². The van der Waals surface area contributed by atoms with E-state index >= 15 is 0 Å². The Labute approximate surface area is 92.8 Å². The molecule has 0 atom stereocenters. The number of carbonyl (C=O) groups is 1. The first-order valence-corrected chi connectivity index (χ1v) is 5.21. The normalized spacial score (nSPS) is 11.0. The van der Waals surface area contributed by atoms with Crippen LogP contribution < -0.4 is 0 Å². The van der Waals surface area contributed by atoms with Gasteiger partial charge < -0.3 is 4.74 Å². The summed E-state index contributed by atoms with van der Waals surface area (Å²) in [6, 6.07) is 10.3. The highest BCUT2D eigenvalue weighted by Crippen LogP contribution is 2.20. The van der Waals surface area contributed by atoms with Crippen LogP contribution in [0.5, 0.6) is 0 Å². The lowest BCUT2D eigenvalue weighted by molar-refractivity contribution is -0.141. The monoisotopic (exact) mass is 202 g/mol. The Bertz CT molecular complexity index is 323. The van der Waals surface area contributed by atoms with Gasteiger partial charge in [-0.15, -0.1) is 0 Å². The highest BCUT2D eigenvalue weighted by atomic mass is 16.5. The molecule has 0 saturated heterocycles. The number of hydrogen-bond donors (Lipinski definition) is 0. The molecular weight excluding hydrogens is 186 g/mol. The van der Waals surface area contributed by atoms with Crippen molar-refractivity contribution in [3.8, 4) is 0 Å². The molecule has 0 bridgehead atoms. The zero-order valence-electron chi connectivity index (χ0n) is 9.62. The summed E-state index contributed by atoms with van der Waals surface area (Å²) in [5.41, 5.74) is 1.28. The summed E-state index contributed by atoms with van der Waals surface area (Å²) in [6.07, 6.45) is 0.844. The zero-order valence-corrected chi connectivity index (χ0v) is 9.62. The van der Waals surface area contributed by atoms with E-state index < -0.39 is 0 Å². The van der Waals surface area contributed by atoms with Gasteiger partial charge in [-0.2, -0.15) is 0 Å². The van der Waals surface area contributed by atoms with Gasteiger partial charge in [-0.25, -0.2) is 0 Å². The summed E-state index contributed by atoms with van der Waals surface area (Å²) >= 11 is 0. The van der Waals surface area contributed by atoms with Gasteiger partial charge in [0.1, 0.15) is 15.7 Å². The highest BCUT2D eigenvalue weighted by molar-refractivity contribution is 6.40. The third-order valence-corrected chi connectivity index (χ3v) is 2.59. The predicted octanol–water partition coefficient (Wildman–Crippen LogP) is 0.0588. The van der Waals surface area contributed by atoms with Gasteiger partial charge in [-0.05, 0) is 6.42 Å². The van der Waals surface area contributed by atoms with E-state index in [1.165, 1.54) is 12.5 Å². The second kappa shape index (κ2) is 5.06. The molecule has 1 rings (SSSR count). The molecule has 0 unspecified atom stereocenters. The van der Waals surface area contributed by atoms with Gasteiger partial charge in [0.15, 0.2) is 0 Å². The Hall–Kier alpha value is -1.18. The number of benzene rings is 1. The van der Waals surface area contributed by atoms with E-state index in [9.17, 15) is 4.79 Å². The van der Waals surface area contributed by atoms with E-state index in [1.807, 2.05) is 18.2 Å². The van der Waals surface area contributed by atoms with Crippen LogP contribution in [0.4, 0.5) is 0 Å². The van der Waals surface area contributed by atoms with Crippen molar-refractivity contribution in [1.82, 2.24) is 0 Å². The number of hydrogen-bond acceptors (Lipinski definition) is 2. The quantitative estimate of drug-likeness (QED) is 0.509. The van der Waals surface area contributed by atoms with Gasteiger partial charge in [0.25, 0.3) is 0 Å². The average Bonchev–Trinajstić information content (AvgIpc) is 2.18. The van der Waals surface area contributed by atoms with Crippen molar-refractivity contribution in [2.24, 2.45) is 0 Å². The Kier molecular flexibility index (Phi) is 4.01. The van der Waals surface area contributed by atoms with E-state index in [0.717, 1.165) is 6.42 Å². The standard InChI is InChI=1S/C11H16B2O2/c1-9(14)15-8-7-11(12,13)10-5-3-2-4-6-10/h2-6H,7-8,12-13H2,1H3. The average molecular weight is 202 g/mol. The summed E-state index contributed by atoms with van der Waals surface area (Å²) in [5.74, 6) is -0.209. The Balaban J connectivity index is 2.56. The largest absolute Gasteiger partial charge is 0.466 e. The minimum Gasteiger partial charge on any atom is -0.466 e. The van der Waals surface area contributed by atoms with Crippen LogP contribution in [0.3, 0.4) is 0 Å². The van der Waals surface area contributed by atoms with Gasteiger partial charge >= 0.3 is 5.97 Å². The minimum absolute atomic E-state index is 0.0523. The third-order valence-electron chi connectivity index (χ3n) is 2.59. The van der Waals surface area contributed by atoms with Crippen LogP contribution in [-0.4, -0.2) is 28.3 Å². The van der Waals surface area contributed by atoms with Gasteiger partial charge in [0.05, 0.1) is 6.61 Å². The molecule has 0 amide bonds. The lowest BCUT2D eigenvalue weighted by Gasteiger charge is -2.24. The molecule has 0 aromatic heterocycles. The van der Waals surface area contributed by atoms with Crippen LogP contribution in [0, 0.1) is 0 Å². The van der Waals surface area contributed by atoms with Crippen LogP contribution in [0.2, 0.25) is 0 Å². The molecule has 0 aliphatic heterocycles. The molecule has 0 fully saturated rings. The summed E-state index contributed by atoms with van der Waals surface area (Å²) in [5, 5.41) is 0.0523. The van der Waals surface area contributed by atoms with E-state index in [4.69, 9.17) is 4.74 Å². The zero-order chi connectivity index (χ0) is 11.3. The van der Waals surface area contributed by atoms with Crippen LogP contribution in [-0.2, 0) is 14.7 Å². The summed E-state index contributed by atoms with van der Waals surface area (Å²) in [6.45, 7) is 1.92. The minimum atomic E-state index is -0.209. The fraction of sp³-hybridized carbons (Fsp3) is 0.364. The first-order chi connectivity index (χ1) is 7.02. The maximum Gasteiger partial charge on any atom is 0.302 e. The molecule has 0 aliphatic carbocycles. The number of ether oxygens (including phenoxy) is 1. The van der Waals surface area contributed by atoms with Crippen molar-refractivity contribution >= 4 is 21.7 Å². The molecule has 0 N–H and O–H groups in total. The molecule has 1 aromatic rings. The number of carbonyl (C=O) groups excluding carboxylic acids is 1. The van der Waals surface area contributed by atoms with Crippen LogP contribution in [0.25, 0.3) is 0 Å².